The molecule has 0 aliphatic carbocycles. The average molecular weight is 398 g/mol. The van der Waals surface area contributed by atoms with E-state index in [1.54, 1.807) is 24.3 Å². The molecular formula is C20H19ClF3NO2. The number of allylic oxidation sites excluding steroid dienone is 1. The quantitative estimate of drug-likeness (QED) is 0.320. The van der Waals surface area contributed by atoms with Gasteiger partial charge >= 0.3 is 6.18 Å². The first-order valence-corrected chi connectivity index (χ1v) is 8.76. The Bertz CT molecular complexity index is 802. The zero-order valence-electron chi connectivity index (χ0n) is 14.6. The average Bonchev–Trinajstić information content (AvgIpc) is 2.63. The highest BCUT2D eigenvalue weighted by molar-refractivity contribution is 6.30. The van der Waals surface area contributed by atoms with E-state index in [0.717, 1.165) is 18.9 Å². The van der Waals surface area contributed by atoms with E-state index >= 15 is 0 Å². The van der Waals surface area contributed by atoms with Crippen molar-refractivity contribution in [3.05, 3.63) is 70.9 Å². The van der Waals surface area contributed by atoms with Crippen LogP contribution in [-0.4, -0.2) is 12.4 Å². The van der Waals surface area contributed by atoms with Gasteiger partial charge in [0, 0.05) is 22.9 Å². The van der Waals surface area contributed by atoms with E-state index < -0.39 is 11.7 Å². The topological polar surface area (TPSA) is 38.3 Å². The molecule has 0 saturated carbocycles. The second-order valence-corrected chi connectivity index (χ2v) is 6.19. The minimum atomic E-state index is -4.56. The van der Waals surface area contributed by atoms with Crippen LogP contribution in [0.5, 0.6) is 5.75 Å². The SMILES string of the molecule is CCCCOc1ccc(C(=O)C=CNc2ccc(Cl)cc2C(F)(F)F)cc1. The van der Waals surface area contributed by atoms with Crippen molar-refractivity contribution in [2.75, 3.05) is 11.9 Å². The molecule has 3 nitrogen and oxygen atoms in total. The van der Waals surface area contributed by atoms with E-state index in [1.807, 2.05) is 0 Å². The molecule has 0 aromatic heterocycles. The molecule has 2 aromatic carbocycles. The van der Waals surface area contributed by atoms with Crippen LogP contribution in [0.4, 0.5) is 18.9 Å². The summed E-state index contributed by atoms with van der Waals surface area (Å²) in [7, 11) is 0. The zero-order chi connectivity index (χ0) is 19.9. The summed E-state index contributed by atoms with van der Waals surface area (Å²) >= 11 is 5.63. The fourth-order valence-corrected chi connectivity index (χ4v) is 2.40. The molecule has 0 fully saturated rings. The van der Waals surface area contributed by atoms with Gasteiger partial charge in [-0.3, -0.25) is 4.79 Å². The second-order valence-electron chi connectivity index (χ2n) is 5.76. The maximum absolute atomic E-state index is 13.0. The number of alkyl halides is 3. The van der Waals surface area contributed by atoms with E-state index in [9.17, 15) is 18.0 Å². The third kappa shape index (κ3) is 6.32. The molecule has 27 heavy (non-hydrogen) atoms. The Kier molecular flexibility index (Phi) is 7.30. The third-order valence-electron chi connectivity index (χ3n) is 3.67. The zero-order valence-corrected chi connectivity index (χ0v) is 15.4. The number of ether oxygens (including phenoxy) is 1. The van der Waals surface area contributed by atoms with Crippen molar-refractivity contribution >= 4 is 23.1 Å². The lowest BCUT2D eigenvalue weighted by atomic mass is 10.1. The molecule has 2 rings (SSSR count). The Labute approximate surface area is 160 Å². The number of carbonyl (C=O) groups excluding carboxylic acids is 1. The van der Waals surface area contributed by atoms with Crippen LogP contribution in [0.2, 0.25) is 5.02 Å². The van der Waals surface area contributed by atoms with Gasteiger partial charge < -0.3 is 10.1 Å². The largest absolute Gasteiger partial charge is 0.494 e. The predicted octanol–water partition coefficient (Wildman–Crippen LogP) is 6.35. The summed E-state index contributed by atoms with van der Waals surface area (Å²) in [5.41, 5.74) is -0.681. The highest BCUT2D eigenvalue weighted by Gasteiger charge is 2.33. The Morgan fingerprint density at radius 3 is 2.52 bits per heavy atom. The number of carbonyl (C=O) groups is 1. The van der Waals surface area contributed by atoms with Gasteiger partial charge in [-0.2, -0.15) is 13.2 Å². The summed E-state index contributed by atoms with van der Waals surface area (Å²) < 4.78 is 44.6. The lowest BCUT2D eigenvalue weighted by molar-refractivity contribution is -0.136. The Balaban J connectivity index is 2.01. The number of halogens is 4. The number of ketones is 1. The first kappa shape index (κ1) is 20.8. The van der Waals surface area contributed by atoms with Gasteiger partial charge in [-0.15, -0.1) is 0 Å². The highest BCUT2D eigenvalue weighted by atomic mass is 35.5. The van der Waals surface area contributed by atoms with Crippen LogP contribution in [0, 0.1) is 0 Å². The molecule has 0 aliphatic rings. The lowest BCUT2D eigenvalue weighted by Gasteiger charge is -2.12. The summed E-state index contributed by atoms with van der Waals surface area (Å²) in [4.78, 5) is 12.1. The molecule has 0 atom stereocenters. The van der Waals surface area contributed by atoms with Crippen molar-refractivity contribution < 1.29 is 22.7 Å². The number of hydrogen-bond acceptors (Lipinski definition) is 3. The van der Waals surface area contributed by atoms with Crippen LogP contribution in [0.1, 0.15) is 35.7 Å². The fourth-order valence-electron chi connectivity index (χ4n) is 2.23. The maximum atomic E-state index is 13.0. The first-order chi connectivity index (χ1) is 12.8. The normalized spacial score (nSPS) is 11.6. The van der Waals surface area contributed by atoms with Crippen molar-refractivity contribution in [2.24, 2.45) is 0 Å². The minimum absolute atomic E-state index is 0.0193. The van der Waals surface area contributed by atoms with Crippen molar-refractivity contribution in [1.29, 1.82) is 0 Å². The van der Waals surface area contributed by atoms with Gasteiger partial charge in [0.05, 0.1) is 17.9 Å². The molecule has 0 radical (unpaired) electrons. The first-order valence-electron chi connectivity index (χ1n) is 8.38. The summed E-state index contributed by atoms with van der Waals surface area (Å²) in [5, 5.41) is 2.47. The van der Waals surface area contributed by atoms with Crippen molar-refractivity contribution in [3.63, 3.8) is 0 Å². The summed E-state index contributed by atoms with van der Waals surface area (Å²) in [5.74, 6) is 0.322. The predicted molar refractivity (Wildman–Crippen MR) is 100 cm³/mol. The van der Waals surface area contributed by atoms with Crippen molar-refractivity contribution in [3.8, 4) is 5.75 Å². The molecule has 0 spiro atoms. The van der Waals surface area contributed by atoms with E-state index in [-0.39, 0.29) is 16.5 Å². The van der Waals surface area contributed by atoms with Crippen LogP contribution < -0.4 is 10.1 Å². The number of rotatable bonds is 8. The van der Waals surface area contributed by atoms with Gasteiger partial charge in [-0.25, -0.2) is 0 Å². The van der Waals surface area contributed by atoms with Crippen LogP contribution in [-0.2, 0) is 6.18 Å². The standard InChI is InChI=1S/C20H19ClF3NO2/c1-2-3-12-27-16-7-4-14(5-8-16)19(26)10-11-25-18-9-6-15(21)13-17(18)20(22,23)24/h4-11,13,25H,2-3,12H2,1H3. The fraction of sp³-hybridized carbons (Fsp3) is 0.250. The van der Waals surface area contributed by atoms with Gasteiger partial charge in [0.1, 0.15) is 5.75 Å². The molecule has 2 aromatic rings. The molecule has 0 unspecified atom stereocenters. The molecular weight excluding hydrogens is 379 g/mol. The smallest absolute Gasteiger partial charge is 0.418 e. The number of benzene rings is 2. The Morgan fingerprint density at radius 2 is 1.89 bits per heavy atom. The molecule has 0 bridgehead atoms. The monoisotopic (exact) mass is 397 g/mol. The van der Waals surface area contributed by atoms with Gasteiger partial charge in [-0.1, -0.05) is 24.9 Å². The second kappa shape index (κ2) is 9.46. The van der Waals surface area contributed by atoms with Crippen LogP contribution in [0.3, 0.4) is 0 Å². The van der Waals surface area contributed by atoms with Gasteiger partial charge in [0.15, 0.2) is 5.78 Å². The molecule has 144 valence electrons. The lowest BCUT2D eigenvalue weighted by Crippen LogP contribution is -2.08. The van der Waals surface area contributed by atoms with Crippen LogP contribution >= 0.6 is 11.6 Å². The van der Waals surface area contributed by atoms with Crippen molar-refractivity contribution in [2.45, 2.75) is 25.9 Å². The van der Waals surface area contributed by atoms with E-state index in [0.29, 0.717) is 17.9 Å². The third-order valence-corrected chi connectivity index (χ3v) is 3.90. The Hall–Kier alpha value is -2.47. The molecule has 7 heteroatoms. The molecule has 0 amide bonds. The summed E-state index contributed by atoms with van der Waals surface area (Å²) in [6.45, 7) is 2.67. The number of hydrogen-bond donors (Lipinski definition) is 1. The molecule has 0 aliphatic heterocycles. The highest BCUT2D eigenvalue weighted by Crippen LogP contribution is 2.36. The molecule has 0 heterocycles. The van der Waals surface area contributed by atoms with Crippen LogP contribution in [0.15, 0.2) is 54.7 Å². The Morgan fingerprint density at radius 1 is 1.19 bits per heavy atom. The summed E-state index contributed by atoms with van der Waals surface area (Å²) in [6, 6.07) is 9.97. The van der Waals surface area contributed by atoms with Crippen molar-refractivity contribution in [1.82, 2.24) is 0 Å². The molecule has 0 saturated heterocycles. The van der Waals surface area contributed by atoms with Gasteiger partial charge in [0.25, 0.3) is 0 Å². The van der Waals surface area contributed by atoms with E-state index in [1.165, 1.54) is 24.4 Å². The number of anilines is 1. The maximum Gasteiger partial charge on any atom is 0.418 e. The minimum Gasteiger partial charge on any atom is -0.494 e. The van der Waals surface area contributed by atoms with Gasteiger partial charge in [-0.05, 0) is 48.9 Å². The van der Waals surface area contributed by atoms with E-state index in [4.69, 9.17) is 16.3 Å². The van der Waals surface area contributed by atoms with Crippen LogP contribution in [0.25, 0.3) is 0 Å². The van der Waals surface area contributed by atoms with Gasteiger partial charge in [0.2, 0.25) is 0 Å². The van der Waals surface area contributed by atoms with E-state index in [2.05, 4.69) is 12.2 Å². The number of nitrogens with one attached hydrogen (secondary N) is 1. The summed E-state index contributed by atoms with van der Waals surface area (Å²) in [6.07, 6.45) is -0.245. The number of unbranched alkanes of at least 4 members (excludes halogenated alkanes) is 1. The molecule has 1 N–H and O–H groups in total.